The number of benzene rings is 2. The lowest BCUT2D eigenvalue weighted by molar-refractivity contribution is -0.126. The molecule has 0 atom stereocenters. The number of carbonyl (C=O) groups excluding carboxylic acids is 1. The highest BCUT2D eigenvalue weighted by atomic mass is 35.5. The molecule has 1 fully saturated rings. The van der Waals surface area contributed by atoms with Gasteiger partial charge in [0.15, 0.2) is 0 Å². The topological polar surface area (TPSA) is 58.6 Å². The first-order chi connectivity index (χ1) is 14.5. The number of anilines is 1. The summed E-state index contributed by atoms with van der Waals surface area (Å²) in [5.41, 5.74) is 1.45. The van der Waals surface area contributed by atoms with Gasteiger partial charge in [0.05, 0.1) is 18.2 Å². The van der Waals surface area contributed by atoms with Crippen LogP contribution >= 0.6 is 11.6 Å². The van der Waals surface area contributed by atoms with Crippen molar-refractivity contribution in [1.29, 1.82) is 0 Å². The maximum absolute atomic E-state index is 14.6. The van der Waals surface area contributed by atoms with Gasteiger partial charge in [-0.2, -0.15) is 0 Å². The third-order valence-electron chi connectivity index (χ3n) is 5.23. The number of aromatic nitrogens is 2. The normalized spacial score (nSPS) is 14.1. The van der Waals surface area contributed by atoms with Crippen LogP contribution < -0.4 is 9.64 Å². The summed E-state index contributed by atoms with van der Waals surface area (Å²) in [6.07, 6.45) is 2.81. The highest BCUT2D eigenvalue weighted by Crippen LogP contribution is 2.40. The van der Waals surface area contributed by atoms with Gasteiger partial charge in [-0.05, 0) is 30.3 Å². The molecule has 1 aliphatic heterocycles. The Morgan fingerprint density at radius 3 is 2.70 bits per heavy atom. The fourth-order valence-electron chi connectivity index (χ4n) is 3.71. The van der Waals surface area contributed by atoms with E-state index in [1.54, 1.807) is 29.2 Å². The molecule has 0 aliphatic carbocycles. The summed E-state index contributed by atoms with van der Waals surface area (Å²) in [6, 6.07) is 8.15. The number of hydrogen-bond donors (Lipinski definition) is 0. The lowest BCUT2D eigenvalue weighted by atomic mass is 10.0. The van der Waals surface area contributed by atoms with Crippen LogP contribution in [0.25, 0.3) is 22.0 Å². The van der Waals surface area contributed by atoms with Gasteiger partial charge in [0.25, 0.3) is 0 Å². The van der Waals surface area contributed by atoms with Gasteiger partial charge in [-0.1, -0.05) is 24.2 Å². The van der Waals surface area contributed by atoms with E-state index in [4.69, 9.17) is 16.3 Å². The maximum atomic E-state index is 14.6. The average Bonchev–Trinajstić information content (AvgIpc) is 2.78. The molecule has 3 aromatic rings. The Bertz CT molecular complexity index is 1130. The smallest absolute Gasteiger partial charge is 0.246 e. The van der Waals surface area contributed by atoms with E-state index in [1.807, 2.05) is 0 Å². The molecular weight excluding hydrogens is 407 g/mol. The lowest BCUT2D eigenvalue weighted by Crippen LogP contribution is -2.48. The summed E-state index contributed by atoms with van der Waals surface area (Å²) in [6.45, 7) is 5.96. The molecule has 2 heterocycles. The van der Waals surface area contributed by atoms with Crippen LogP contribution in [0.1, 0.15) is 0 Å². The number of ether oxygens (including phenoxy) is 1. The zero-order valence-electron chi connectivity index (χ0n) is 16.4. The molecule has 4 rings (SSSR count). The van der Waals surface area contributed by atoms with Crippen LogP contribution in [-0.2, 0) is 4.79 Å². The van der Waals surface area contributed by atoms with Gasteiger partial charge in [-0.15, -0.1) is 0 Å². The molecule has 30 heavy (non-hydrogen) atoms. The van der Waals surface area contributed by atoms with Crippen LogP contribution in [0, 0.1) is 5.82 Å². The van der Waals surface area contributed by atoms with Crippen LogP contribution in [0.3, 0.4) is 0 Å². The second-order valence-electron chi connectivity index (χ2n) is 6.88. The molecule has 0 N–H and O–H groups in total. The van der Waals surface area contributed by atoms with Crippen molar-refractivity contribution in [2.75, 3.05) is 38.2 Å². The first-order valence-electron chi connectivity index (χ1n) is 9.47. The van der Waals surface area contributed by atoms with Crippen LogP contribution in [0.15, 0.2) is 49.3 Å². The molecule has 8 heteroatoms. The summed E-state index contributed by atoms with van der Waals surface area (Å²) in [4.78, 5) is 24.5. The second-order valence-corrected chi connectivity index (χ2v) is 7.29. The molecule has 0 saturated carbocycles. The van der Waals surface area contributed by atoms with E-state index in [-0.39, 0.29) is 5.91 Å². The van der Waals surface area contributed by atoms with Crippen molar-refractivity contribution in [1.82, 2.24) is 14.9 Å². The van der Waals surface area contributed by atoms with E-state index in [0.29, 0.717) is 53.6 Å². The summed E-state index contributed by atoms with van der Waals surface area (Å²) >= 11 is 6.57. The summed E-state index contributed by atoms with van der Waals surface area (Å²) in [5.74, 6) is 0.634. The number of piperazine rings is 1. The number of hydrogen-bond acceptors (Lipinski definition) is 5. The lowest BCUT2D eigenvalue weighted by Gasteiger charge is -2.35. The minimum absolute atomic E-state index is 0.0753. The van der Waals surface area contributed by atoms with Crippen molar-refractivity contribution >= 4 is 34.2 Å². The SMILES string of the molecule is C=CC(=O)N1CCN(c2ncnc3cc(-c4c(F)cccc4OC)c(Cl)cc23)CC1. The Balaban J connectivity index is 1.74. The number of halogens is 2. The van der Waals surface area contributed by atoms with E-state index in [1.165, 1.54) is 25.6 Å². The minimum Gasteiger partial charge on any atom is -0.496 e. The van der Waals surface area contributed by atoms with Crippen LogP contribution in [-0.4, -0.2) is 54.1 Å². The average molecular weight is 427 g/mol. The van der Waals surface area contributed by atoms with E-state index in [0.717, 1.165) is 11.2 Å². The van der Waals surface area contributed by atoms with Crippen molar-refractivity contribution in [3.05, 3.63) is 60.2 Å². The van der Waals surface area contributed by atoms with Gasteiger partial charge in [0.1, 0.15) is 23.7 Å². The highest BCUT2D eigenvalue weighted by Gasteiger charge is 2.23. The first kappa shape index (κ1) is 20.1. The van der Waals surface area contributed by atoms with E-state index in [2.05, 4.69) is 21.4 Å². The molecule has 1 aromatic heterocycles. The quantitative estimate of drug-likeness (QED) is 0.591. The molecule has 0 bridgehead atoms. The monoisotopic (exact) mass is 426 g/mol. The molecule has 2 aromatic carbocycles. The number of nitrogens with zero attached hydrogens (tertiary/aromatic N) is 4. The zero-order chi connectivity index (χ0) is 21.3. The van der Waals surface area contributed by atoms with E-state index in [9.17, 15) is 9.18 Å². The van der Waals surface area contributed by atoms with Gasteiger partial charge in [-0.25, -0.2) is 14.4 Å². The molecule has 6 nitrogen and oxygen atoms in total. The maximum Gasteiger partial charge on any atom is 0.246 e. The number of rotatable bonds is 4. The third-order valence-corrected chi connectivity index (χ3v) is 5.55. The van der Waals surface area contributed by atoms with Crippen LogP contribution in [0.5, 0.6) is 5.75 Å². The molecule has 0 spiro atoms. The second kappa shape index (κ2) is 8.28. The van der Waals surface area contributed by atoms with Crippen molar-refractivity contribution in [2.24, 2.45) is 0 Å². The molecule has 1 aliphatic rings. The zero-order valence-corrected chi connectivity index (χ0v) is 17.2. The molecular formula is C22H20ClFN4O2. The molecule has 154 valence electrons. The number of carbonyl (C=O) groups is 1. The predicted octanol–water partition coefficient (Wildman–Crippen LogP) is 3.93. The summed E-state index contributed by atoms with van der Waals surface area (Å²) in [5, 5.41) is 1.15. The van der Waals surface area contributed by atoms with Gasteiger partial charge < -0.3 is 14.5 Å². The number of amides is 1. The van der Waals surface area contributed by atoms with Gasteiger partial charge in [0, 0.05) is 42.2 Å². The predicted molar refractivity (Wildman–Crippen MR) is 115 cm³/mol. The van der Waals surface area contributed by atoms with Crippen molar-refractivity contribution in [3.8, 4) is 16.9 Å². The summed E-state index contributed by atoms with van der Waals surface area (Å²) in [7, 11) is 1.49. The fraction of sp³-hybridized carbons (Fsp3) is 0.227. The Morgan fingerprint density at radius 2 is 2.00 bits per heavy atom. The fourth-order valence-corrected chi connectivity index (χ4v) is 3.97. The molecule has 1 saturated heterocycles. The van der Waals surface area contributed by atoms with Crippen molar-refractivity contribution in [3.63, 3.8) is 0 Å². The van der Waals surface area contributed by atoms with Crippen molar-refractivity contribution in [2.45, 2.75) is 0 Å². The van der Waals surface area contributed by atoms with Crippen LogP contribution in [0.2, 0.25) is 5.02 Å². The van der Waals surface area contributed by atoms with E-state index >= 15 is 0 Å². The van der Waals surface area contributed by atoms with Crippen molar-refractivity contribution < 1.29 is 13.9 Å². The highest BCUT2D eigenvalue weighted by molar-refractivity contribution is 6.34. The standard InChI is InChI=1S/C22H20ClFN4O2/c1-3-20(29)27-7-9-28(10-8-27)22-15-11-16(23)14(12-18(15)25-13-26-22)21-17(24)5-4-6-19(21)30-2/h3-6,11-13H,1,7-10H2,2H3. The Labute approximate surface area is 178 Å². The van der Waals surface area contributed by atoms with Gasteiger partial charge in [0.2, 0.25) is 5.91 Å². The molecule has 0 radical (unpaired) electrons. The molecule has 1 amide bonds. The Hall–Kier alpha value is -3.19. The van der Waals surface area contributed by atoms with Gasteiger partial charge in [-0.3, -0.25) is 4.79 Å². The van der Waals surface area contributed by atoms with Crippen LogP contribution in [0.4, 0.5) is 10.2 Å². The van der Waals surface area contributed by atoms with Gasteiger partial charge >= 0.3 is 0 Å². The summed E-state index contributed by atoms with van der Waals surface area (Å²) < 4.78 is 19.9. The largest absolute Gasteiger partial charge is 0.496 e. The van der Waals surface area contributed by atoms with E-state index < -0.39 is 5.82 Å². The number of fused-ring (bicyclic) bond motifs is 1. The molecule has 0 unspecified atom stereocenters. The number of methoxy groups -OCH3 is 1. The minimum atomic E-state index is -0.423. The Kier molecular flexibility index (Phi) is 5.55. The first-order valence-corrected chi connectivity index (χ1v) is 9.84. The third kappa shape index (κ3) is 3.57. The Morgan fingerprint density at radius 1 is 1.23 bits per heavy atom.